The molecule has 0 aliphatic rings. The second-order valence-corrected chi connectivity index (χ2v) is 4.11. The number of aromatic carboxylic acids is 1. The zero-order chi connectivity index (χ0) is 14.7. The van der Waals surface area contributed by atoms with Gasteiger partial charge in [-0.15, -0.1) is 0 Å². The molecule has 0 saturated heterocycles. The number of rotatable bonds is 4. The molecule has 0 heterocycles. The second-order valence-electron chi connectivity index (χ2n) is 4.11. The van der Waals surface area contributed by atoms with Crippen molar-refractivity contribution in [1.82, 2.24) is 0 Å². The van der Waals surface area contributed by atoms with Crippen molar-refractivity contribution in [1.29, 1.82) is 0 Å². The molecule has 0 amide bonds. The van der Waals surface area contributed by atoms with Crippen molar-refractivity contribution in [3.05, 3.63) is 65.0 Å². The molecule has 0 aliphatic carbocycles. The first-order valence-corrected chi connectivity index (χ1v) is 5.68. The molecule has 0 radical (unpaired) electrons. The molecule has 0 aromatic heterocycles. The minimum absolute atomic E-state index is 0.0426. The van der Waals surface area contributed by atoms with Crippen molar-refractivity contribution in [2.24, 2.45) is 0 Å². The Morgan fingerprint density at radius 1 is 1.15 bits per heavy atom. The summed E-state index contributed by atoms with van der Waals surface area (Å²) in [5.41, 5.74) is 0.312. The number of anilines is 1. The standard InChI is InChI=1S/C14H10F3NO2/c15-10-5-11(16)13(17)12(6-10)18-7-8-2-1-3-9(4-8)14(19)20/h1-6,18H,7H2,(H,19,20). The van der Waals surface area contributed by atoms with Crippen LogP contribution >= 0.6 is 0 Å². The van der Waals surface area contributed by atoms with E-state index in [4.69, 9.17) is 5.11 Å². The largest absolute Gasteiger partial charge is 0.478 e. The molecule has 0 bridgehead atoms. The van der Waals surface area contributed by atoms with Gasteiger partial charge in [-0.25, -0.2) is 18.0 Å². The smallest absolute Gasteiger partial charge is 0.335 e. The fourth-order valence-corrected chi connectivity index (χ4v) is 1.70. The van der Waals surface area contributed by atoms with Crippen molar-refractivity contribution >= 4 is 11.7 Å². The summed E-state index contributed by atoms with van der Waals surface area (Å²) in [6.07, 6.45) is 0. The predicted molar refractivity (Wildman–Crippen MR) is 67.0 cm³/mol. The molecular weight excluding hydrogens is 271 g/mol. The highest BCUT2D eigenvalue weighted by Gasteiger charge is 2.11. The lowest BCUT2D eigenvalue weighted by molar-refractivity contribution is 0.0696. The topological polar surface area (TPSA) is 49.3 Å². The fraction of sp³-hybridized carbons (Fsp3) is 0.0714. The van der Waals surface area contributed by atoms with E-state index in [2.05, 4.69) is 5.32 Å². The van der Waals surface area contributed by atoms with E-state index in [9.17, 15) is 18.0 Å². The average molecular weight is 281 g/mol. The monoisotopic (exact) mass is 281 g/mol. The van der Waals surface area contributed by atoms with E-state index < -0.39 is 23.4 Å². The summed E-state index contributed by atoms with van der Waals surface area (Å²) in [5, 5.41) is 11.4. The van der Waals surface area contributed by atoms with Gasteiger partial charge in [-0.05, 0) is 17.7 Å². The summed E-state index contributed by atoms with van der Waals surface area (Å²) in [7, 11) is 0. The third-order valence-corrected chi connectivity index (χ3v) is 2.65. The van der Waals surface area contributed by atoms with Gasteiger partial charge in [0, 0.05) is 18.7 Å². The van der Waals surface area contributed by atoms with Gasteiger partial charge in [0.1, 0.15) is 5.82 Å². The molecule has 0 aliphatic heterocycles. The van der Waals surface area contributed by atoms with Crippen LogP contribution in [0.4, 0.5) is 18.9 Å². The van der Waals surface area contributed by atoms with Crippen molar-refractivity contribution in [2.45, 2.75) is 6.54 Å². The van der Waals surface area contributed by atoms with Crippen LogP contribution < -0.4 is 5.32 Å². The average Bonchev–Trinajstić information content (AvgIpc) is 2.41. The van der Waals surface area contributed by atoms with Crippen LogP contribution in [0.2, 0.25) is 0 Å². The highest BCUT2D eigenvalue weighted by molar-refractivity contribution is 5.87. The maximum atomic E-state index is 13.4. The molecule has 6 heteroatoms. The number of carboxylic acids is 1. The predicted octanol–water partition coefficient (Wildman–Crippen LogP) is 3.41. The number of hydrogen-bond donors (Lipinski definition) is 2. The van der Waals surface area contributed by atoms with Gasteiger partial charge in [0.15, 0.2) is 11.6 Å². The fourth-order valence-electron chi connectivity index (χ4n) is 1.70. The molecule has 2 N–H and O–H groups in total. The van der Waals surface area contributed by atoms with Crippen molar-refractivity contribution in [2.75, 3.05) is 5.32 Å². The maximum Gasteiger partial charge on any atom is 0.335 e. The molecule has 0 saturated carbocycles. The third-order valence-electron chi connectivity index (χ3n) is 2.65. The third kappa shape index (κ3) is 3.09. The van der Waals surface area contributed by atoms with Gasteiger partial charge < -0.3 is 10.4 Å². The second kappa shape index (κ2) is 5.64. The zero-order valence-corrected chi connectivity index (χ0v) is 10.2. The van der Waals surface area contributed by atoms with E-state index in [1.807, 2.05) is 0 Å². The Labute approximate surface area is 112 Å². The number of halogens is 3. The van der Waals surface area contributed by atoms with Crippen molar-refractivity contribution in [3.8, 4) is 0 Å². The van der Waals surface area contributed by atoms with Crippen LogP contribution in [-0.4, -0.2) is 11.1 Å². The Morgan fingerprint density at radius 2 is 1.90 bits per heavy atom. The first-order chi connectivity index (χ1) is 9.47. The highest BCUT2D eigenvalue weighted by Crippen LogP contribution is 2.20. The van der Waals surface area contributed by atoms with Crippen LogP contribution in [0.1, 0.15) is 15.9 Å². The lowest BCUT2D eigenvalue weighted by atomic mass is 10.1. The van der Waals surface area contributed by atoms with E-state index in [0.29, 0.717) is 11.6 Å². The van der Waals surface area contributed by atoms with Crippen LogP contribution in [0.3, 0.4) is 0 Å². The molecule has 2 aromatic carbocycles. The van der Waals surface area contributed by atoms with Crippen LogP contribution in [-0.2, 0) is 6.54 Å². The number of carbonyl (C=O) groups is 1. The summed E-state index contributed by atoms with van der Waals surface area (Å²) in [4.78, 5) is 10.8. The molecule has 3 nitrogen and oxygen atoms in total. The molecule has 0 unspecified atom stereocenters. The Balaban J connectivity index is 2.17. The van der Waals surface area contributed by atoms with E-state index in [1.165, 1.54) is 18.2 Å². The Bertz CT molecular complexity index is 659. The number of hydrogen-bond acceptors (Lipinski definition) is 2. The Hall–Kier alpha value is -2.50. The van der Waals surface area contributed by atoms with Gasteiger partial charge in [0.25, 0.3) is 0 Å². The number of carboxylic acid groups (broad SMARTS) is 1. The van der Waals surface area contributed by atoms with E-state index in [0.717, 1.165) is 6.07 Å². The van der Waals surface area contributed by atoms with Crippen molar-refractivity contribution in [3.63, 3.8) is 0 Å². The SMILES string of the molecule is O=C(O)c1cccc(CNc2cc(F)cc(F)c2F)c1. The summed E-state index contributed by atoms with van der Waals surface area (Å²) < 4.78 is 39.4. The van der Waals surface area contributed by atoms with Crippen LogP contribution in [0, 0.1) is 17.5 Å². The first-order valence-electron chi connectivity index (χ1n) is 5.68. The van der Waals surface area contributed by atoms with Gasteiger partial charge in [0.05, 0.1) is 11.3 Å². The van der Waals surface area contributed by atoms with Gasteiger partial charge >= 0.3 is 5.97 Å². The van der Waals surface area contributed by atoms with Crippen LogP contribution in [0.15, 0.2) is 36.4 Å². The Morgan fingerprint density at radius 3 is 2.60 bits per heavy atom. The number of benzene rings is 2. The highest BCUT2D eigenvalue weighted by atomic mass is 19.2. The molecule has 0 fully saturated rings. The normalized spacial score (nSPS) is 10.3. The molecule has 104 valence electrons. The summed E-state index contributed by atoms with van der Waals surface area (Å²) in [6, 6.07) is 7.23. The maximum absolute atomic E-state index is 13.4. The van der Waals surface area contributed by atoms with Crippen LogP contribution in [0.5, 0.6) is 0 Å². The molecule has 2 rings (SSSR count). The summed E-state index contributed by atoms with van der Waals surface area (Å²) in [5.74, 6) is -4.45. The molecule has 0 spiro atoms. The lowest BCUT2D eigenvalue weighted by Gasteiger charge is -2.09. The summed E-state index contributed by atoms with van der Waals surface area (Å²) in [6.45, 7) is 0.0426. The van der Waals surface area contributed by atoms with Gasteiger partial charge in [-0.2, -0.15) is 0 Å². The summed E-state index contributed by atoms with van der Waals surface area (Å²) >= 11 is 0. The molecule has 2 aromatic rings. The van der Waals surface area contributed by atoms with Gasteiger partial charge in [0.2, 0.25) is 0 Å². The quantitative estimate of drug-likeness (QED) is 0.844. The first kappa shape index (κ1) is 13.9. The van der Waals surface area contributed by atoms with Crippen LogP contribution in [0.25, 0.3) is 0 Å². The van der Waals surface area contributed by atoms with Crippen molar-refractivity contribution < 1.29 is 23.1 Å². The van der Waals surface area contributed by atoms with E-state index in [-0.39, 0.29) is 17.8 Å². The Kier molecular flexibility index (Phi) is 3.93. The van der Waals surface area contributed by atoms with E-state index in [1.54, 1.807) is 6.07 Å². The number of nitrogens with one attached hydrogen (secondary N) is 1. The zero-order valence-electron chi connectivity index (χ0n) is 10.2. The minimum Gasteiger partial charge on any atom is -0.478 e. The molecule has 0 atom stereocenters. The molecule has 20 heavy (non-hydrogen) atoms. The molecular formula is C14H10F3NO2. The lowest BCUT2D eigenvalue weighted by Crippen LogP contribution is -2.05. The van der Waals surface area contributed by atoms with Gasteiger partial charge in [-0.3, -0.25) is 0 Å². The minimum atomic E-state index is -1.29. The van der Waals surface area contributed by atoms with E-state index >= 15 is 0 Å². The van der Waals surface area contributed by atoms with Gasteiger partial charge in [-0.1, -0.05) is 12.1 Å².